The molecule has 0 amide bonds. The Morgan fingerprint density at radius 1 is 1.12 bits per heavy atom. The molecule has 1 aliphatic carbocycles. The predicted molar refractivity (Wildman–Crippen MR) is 98.7 cm³/mol. The molecule has 0 radical (unpaired) electrons. The van der Waals surface area contributed by atoms with Crippen LogP contribution in [-0.4, -0.2) is 63.5 Å². The number of anilines is 3. The lowest BCUT2D eigenvalue weighted by atomic mass is 10.0. The van der Waals surface area contributed by atoms with E-state index in [9.17, 15) is 0 Å². The van der Waals surface area contributed by atoms with Crippen molar-refractivity contribution in [1.29, 1.82) is 0 Å². The molecule has 0 atom stereocenters. The van der Waals surface area contributed by atoms with Crippen molar-refractivity contribution in [3.63, 3.8) is 0 Å². The van der Waals surface area contributed by atoms with Crippen molar-refractivity contribution >= 4 is 17.6 Å². The maximum absolute atomic E-state index is 5.30. The van der Waals surface area contributed by atoms with Gasteiger partial charge in [-0.2, -0.15) is 10.1 Å². The van der Waals surface area contributed by atoms with Crippen molar-refractivity contribution < 1.29 is 4.74 Å². The molecule has 2 aromatic heterocycles. The Bertz CT molecular complexity index is 748. The van der Waals surface area contributed by atoms with Crippen LogP contribution in [-0.2, 0) is 4.74 Å². The highest BCUT2D eigenvalue weighted by atomic mass is 16.5. The lowest BCUT2D eigenvalue weighted by Crippen LogP contribution is -2.53. The zero-order valence-electron chi connectivity index (χ0n) is 14.8. The van der Waals surface area contributed by atoms with E-state index in [1.165, 1.54) is 18.5 Å². The fourth-order valence-corrected chi connectivity index (χ4v) is 3.66. The number of aromatic nitrogens is 4. The number of rotatable bonds is 6. The number of nitrogens with one attached hydrogen (secondary N) is 3. The highest BCUT2D eigenvalue weighted by Crippen LogP contribution is 2.39. The molecule has 1 saturated carbocycles. The van der Waals surface area contributed by atoms with E-state index in [-0.39, 0.29) is 0 Å². The molecular formula is C18H25N7O. The minimum Gasteiger partial charge on any atom is -0.378 e. The molecule has 2 aromatic rings. The fourth-order valence-electron chi connectivity index (χ4n) is 3.66. The van der Waals surface area contributed by atoms with Gasteiger partial charge >= 0.3 is 0 Å². The lowest BCUT2D eigenvalue weighted by Gasteiger charge is -2.41. The van der Waals surface area contributed by atoms with E-state index in [4.69, 9.17) is 4.74 Å². The highest BCUT2D eigenvalue weighted by Gasteiger charge is 2.29. The molecule has 4 heterocycles. The van der Waals surface area contributed by atoms with Crippen LogP contribution in [0.3, 0.4) is 0 Å². The molecule has 3 N–H and O–H groups in total. The van der Waals surface area contributed by atoms with Gasteiger partial charge in [-0.05, 0) is 31.7 Å². The minimum absolute atomic E-state index is 0.425. The van der Waals surface area contributed by atoms with Crippen molar-refractivity contribution in [1.82, 2.24) is 25.1 Å². The van der Waals surface area contributed by atoms with Crippen molar-refractivity contribution in [3.8, 4) is 0 Å². The summed E-state index contributed by atoms with van der Waals surface area (Å²) in [4.78, 5) is 11.5. The molecule has 8 nitrogen and oxygen atoms in total. The second kappa shape index (κ2) is 6.85. The van der Waals surface area contributed by atoms with Gasteiger partial charge in [-0.1, -0.05) is 0 Å². The summed E-state index contributed by atoms with van der Waals surface area (Å²) in [6.45, 7) is 4.01. The van der Waals surface area contributed by atoms with Crippen LogP contribution >= 0.6 is 0 Å². The van der Waals surface area contributed by atoms with E-state index >= 15 is 0 Å². The van der Waals surface area contributed by atoms with Crippen LogP contribution in [0.4, 0.5) is 17.6 Å². The number of H-pyrrole nitrogens is 1. The van der Waals surface area contributed by atoms with E-state index < -0.39 is 0 Å². The second-order valence-electron chi connectivity index (χ2n) is 7.52. The van der Waals surface area contributed by atoms with E-state index in [1.807, 2.05) is 6.07 Å². The Morgan fingerprint density at radius 2 is 1.96 bits per heavy atom. The molecule has 0 spiro atoms. The zero-order valence-corrected chi connectivity index (χ0v) is 14.8. The highest BCUT2D eigenvalue weighted by molar-refractivity contribution is 5.53. The molecule has 2 aliphatic heterocycles. The summed E-state index contributed by atoms with van der Waals surface area (Å²) in [7, 11) is 0. The normalized spacial score (nSPS) is 22.2. The molecule has 26 heavy (non-hydrogen) atoms. The van der Waals surface area contributed by atoms with Crippen LogP contribution < -0.4 is 10.6 Å². The third-order valence-electron chi connectivity index (χ3n) is 5.53. The van der Waals surface area contributed by atoms with Crippen LogP contribution in [0, 0.1) is 0 Å². The molecule has 8 heteroatoms. The van der Waals surface area contributed by atoms with Gasteiger partial charge in [0.1, 0.15) is 5.82 Å². The van der Waals surface area contributed by atoms with Crippen molar-refractivity contribution in [2.45, 2.75) is 43.7 Å². The Labute approximate surface area is 152 Å². The number of aromatic amines is 1. The number of hydrogen-bond acceptors (Lipinski definition) is 7. The predicted octanol–water partition coefficient (Wildman–Crippen LogP) is 2.10. The first-order valence-corrected chi connectivity index (χ1v) is 9.57. The number of piperidine rings is 1. The largest absolute Gasteiger partial charge is 0.378 e. The molecule has 5 rings (SSSR count). The van der Waals surface area contributed by atoms with E-state index in [1.54, 1.807) is 6.20 Å². The van der Waals surface area contributed by atoms with E-state index in [0.717, 1.165) is 50.8 Å². The molecule has 0 unspecified atom stereocenters. The minimum atomic E-state index is 0.425. The number of nitrogens with zero attached hydrogens (tertiary/aromatic N) is 4. The Balaban J connectivity index is 1.17. The van der Waals surface area contributed by atoms with Crippen molar-refractivity contribution in [3.05, 3.63) is 24.0 Å². The van der Waals surface area contributed by atoms with Gasteiger partial charge in [0.2, 0.25) is 5.95 Å². The van der Waals surface area contributed by atoms with Gasteiger partial charge in [0, 0.05) is 43.0 Å². The van der Waals surface area contributed by atoms with Crippen molar-refractivity contribution in [2.75, 3.05) is 36.9 Å². The topological polar surface area (TPSA) is 91.0 Å². The first-order chi connectivity index (χ1) is 12.8. The first kappa shape index (κ1) is 16.0. The second-order valence-corrected chi connectivity index (χ2v) is 7.52. The number of hydrogen-bond donors (Lipinski definition) is 3. The summed E-state index contributed by atoms with van der Waals surface area (Å²) >= 11 is 0. The third kappa shape index (κ3) is 3.52. The van der Waals surface area contributed by atoms with Crippen LogP contribution in [0.25, 0.3) is 0 Å². The van der Waals surface area contributed by atoms with Gasteiger partial charge in [-0.15, -0.1) is 0 Å². The Kier molecular flexibility index (Phi) is 4.22. The summed E-state index contributed by atoms with van der Waals surface area (Å²) in [6.07, 6.45) is 6.53. The summed E-state index contributed by atoms with van der Waals surface area (Å²) in [5, 5.41) is 14.2. The van der Waals surface area contributed by atoms with Gasteiger partial charge in [-0.25, -0.2) is 4.98 Å². The zero-order chi connectivity index (χ0) is 17.3. The van der Waals surface area contributed by atoms with Gasteiger partial charge < -0.3 is 15.4 Å². The van der Waals surface area contributed by atoms with Gasteiger partial charge in [0.05, 0.1) is 19.3 Å². The molecule has 3 fully saturated rings. The first-order valence-electron chi connectivity index (χ1n) is 9.57. The van der Waals surface area contributed by atoms with Crippen LogP contribution in [0.1, 0.15) is 37.3 Å². The van der Waals surface area contributed by atoms with Crippen molar-refractivity contribution in [2.24, 2.45) is 0 Å². The standard InChI is InChI=1S/C18H25N7O/c1-2-12(1)15-9-17(24-23-15)21-16-3-6-19-18(22-16)20-13-4-7-25(8-5-13)14-10-26-11-14/h3,6,9,12-14H,1-2,4-5,7-8,10-11H2,(H3,19,20,21,22,23,24). The fraction of sp³-hybridized carbons (Fsp3) is 0.611. The molecule has 2 saturated heterocycles. The van der Waals surface area contributed by atoms with Crippen LogP contribution in [0.2, 0.25) is 0 Å². The van der Waals surface area contributed by atoms with Gasteiger partial charge in [0.15, 0.2) is 5.82 Å². The molecule has 0 aromatic carbocycles. The maximum atomic E-state index is 5.30. The summed E-state index contributed by atoms with van der Waals surface area (Å²) in [5.41, 5.74) is 1.21. The average Bonchev–Trinajstić information content (AvgIpc) is 3.36. The maximum Gasteiger partial charge on any atom is 0.224 e. The number of likely N-dealkylation sites (tertiary alicyclic amines) is 1. The molecular weight excluding hydrogens is 330 g/mol. The van der Waals surface area contributed by atoms with Gasteiger partial charge in [0.25, 0.3) is 0 Å². The van der Waals surface area contributed by atoms with Crippen LogP contribution in [0.15, 0.2) is 18.3 Å². The van der Waals surface area contributed by atoms with E-state index in [2.05, 4.69) is 41.8 Å². The van der Waals surface area contributed by atoms with Crippen LogP contribution in [0.5, 0.6) is 0 Å². The summed E-state index contributed by atoms with van der Waals surface area (Å²) in [6, 6.07) is 5.01. The molecule has 0 bridgehead atoms. The Hall–Kier alpha value is -2.19. The van der Waals surface area contributed by atoms with Gasteiger partial charge in [-0.3, -0.25) is 10.00 Å². The Morgan fingerprint density at radius 3 is 2.69 bits per heavy atom. The summed E-state index contributed by atoms with van der Waals surface area (Å²) in [5.74, 6) is 2.92. The average molecular weight is 355 g/mol. The quantitative estimate of drug-likeness (QED) is 0.731. The molecule has 3 aliphatic rings. The lowest BCUT2D eigenvalue weighted by molar-refractivity contribution is -0.0705. The van der Waals surface area contributed by atoms with E-state index in [0.29, 0.717) is 23.9 Å². The SMILES string of the molecule is c1cc(Nc2cc(C3CC3)[nH]n2)nc(NC2CCN(C3COC3)CC2)n1. The monoisotopic (exact) mass is 355 g/mol. The number of ether oxygens (including phenoxy) is 1. The smallest absolute Gasteiger partial charge is 0.224 e. The third-order valence-corrected chi connectivity index (χ3v) is 5.53. The summed E-state index contributed by atoms with van der Waals surface area (Å²) < 4.78 is 5.30. The molecule has 138 valence electrons.